The monoisotopic (exact) mass is 464 g/mol. The Morgan fingerprint density at radius 1 is 0.943 bits per heavy atom. The highest BCUT2D eigenvalue weighted by atomic mass is 16.5. The average Bonchev–Trinajstić information content (AvgIpc) is 3.29. The molecular formula is C29H24N2O4. The summed E-state index contributed by atoms with van der Waals surface area (Å²) in [5.41, 5.74) is 5.07. The minimum atomic E-state index is -0.992. The molecule has 174 valence electrons. The molecule has 0 aliphatic carbocycles. The zero-order valence-corrected chi connectivity index (χ0v) is 19.7. The Balaban J connectivity index is 1.46. The zero-order valence-electron chi connectivity index (χ0n) is 19.7. The molecule has 0 spiro atoms. The summed E-state index contributed by atoms with van der Waals surface area (Å²) < 4.78 is 11.6. The molecule has 1 atom stereocenters. The fourth-order valence-electron chi connectivity index (χ4n) is 4.06. The van der Waals surface area contributed by atoms with Crippen LogP contribution in [0.1, 0.15) is 28.4 Å². The van der Waals surface area contributed by atoms with Crippen molar-refractivity contribution in [2.24, 2.45) is 0 Å². The first kappa shape index (κ1) is 22.3. The second-order valence-electron chi connectivity index (χ2n) is 8.55. The molecule has 5 aromatic rings. The molecule has 1 amide bonds. The maximum absolute atomic E-state index is 13.2. The highest BCUT2D eigenvalue weighted by Gasteiger charge is 2.23. The standard InChI is InChI=1S/C29H24N2O4/c1-17-14-15-18(2)24(16-17)30-27(32)19(3)34-29(33)22-11-7-9-20-8-6-10-21(26(20)22)28-31-23-12-4-5-13-25(23)35-28/h4-16,19H,1-3H3,(H,30,32). The van der Waals surface area contributed by atoms with Crippen molar-refractivity contribution in [1.29, 1.82) is 0 Å². The van der Waals surface area contributed by atoms with Gasteiger partial charge >= 0.3 is 5.97 Å². The number of esters is 1. The van der Waals surface area contributed by atoms with Gasteiger partial charge in [-0.2, -0.15) is 0 Å². The van der Waals surface area contributed by atoms with Crippen LogP contribution in [0.5, 0.6) is 0 Å². The Morgan fingerprint density at radius 2 is 1.71 bits per heavy atom. The first-order chi connectivity index (χ1) is 16.9. The Hall–Kier alpha value is -4.45. The van der Waals surface area contributed by atoms with Crippen molar-refractivity contribution >= 4 is 39.4 Å². The molecule has 1 heterocycles. The number of aryl methyl sites for hydroxylation is 2. The van der Waals surface area contributed by atoms with Crippen LogP contribution in [0, 0.1) is 13.8 Å². The normalized spacial score (nSPS) is 12.0. The third-order valence-electron chi connectivity index (χ3n) is 5.95. The van der Waals surface area contributed by atoms with Crippen LogP contribution in [-0.2, 0) is 9.53 Å². The zero-order chi connectivity index (χ0) is 24.5. The number of ether oxygens (including phenoxy) is 1. The lowest BCUT2D eigenvalue weighted by Gasteiger charge is -2.16. The SMILES string of the molecule is Cc1ccc(C)c(NC(=O)C(C)OC(=O)c2cccc3cccc(-c4nc5ccccc5o4)c23)c1. The number of carbonyl (C=O) groups excluding carboxylic acids is 2. The Labute approximate surface area is 202 Å². The largest absolute Gasteiger partial charge is 0.449 e. The predicted molar refractivity (Wildman–Crippen MR) is 136 cm³/mol. The predicted octanol–water partition coefficient (Wildman–Crippen LogP) is 6.45. The van der Waals surface area contributed by atoms with Crippen LogP contribution in [0.15, 0.2) is 83.3 Å². The molecule has 1 aromatic heterocycles. The number of aromatic nitrogens is 1. The van der Waals surface area contributed by atoms with Gasteiger partial charge in [-0.1, -0.05) is 48.5 Å². The van der Waals surface area contributed by atoms with Crippen molar-refractivity contribution in [2.45, 2.75) is 26.9 Å². The molecule has 1 N–H and O–H groups in total. The van der Waals surface area contributed by atoms with Gasteiger partial charge in [-0.15, -0.1) is 0 Å². The minimum Gasteiger partial charge on any atom is -0.449 e. The van der Waals surface area contributed by atoms with Gasteiger partial charge in [0.25, 0.3) is 5.91 Å². The lowest BCUT2D eigenvalue weighted by molar-refractivity contribution is -0.123. The molecule has 6 nitrogen and oxygen atoms in total. The van der Waals surface area contributed by atoms with Gasteiger partial charge in [-0.3, -0.25) is 4.79 Å². The van der Waals surface area contributed by atoms with E-state index < -0.39 is 18.0 Å². The van der Waals surface area contributed by atoms with E-state index in [1.54, 1.807) is 19.1 Å². The molecule has 0 saturated carbocycles. The van der Waals surface area contributed by atoms with Gasteiger partial charge in [-0.25, -0.2) is 9.78 Å². The van der Waals surface area contributed by atoms with E-state index in [1.807, 2.05) is 80.6 Å². The van der Waals surface area contributed by atoms with Crippen LogP contribution in [-0.4, -0.2) is 23.0 Å². The van der Waals surface area contributed by atoms with E-state index in [2.05, 4.69) is 10.3 Å². The quantitative estimate of drug-likeness (QED) is 0.302. The van der Waals surface area contributed by atoms with E-state index in [9.17, 15) is 9.59 Å². The molecule has 0 radical (unpaired) electrons. The van der Waals surface area contributed by atoms with Gasteiger partial charge in [0.2, 0.25) is 5.89 Å². The highest BCUT2D eigenvalue weighted by molar-refractivity contribution is 6.10. The summed E-state index contributed by atoms with van der Waals surface area (Å²) >= 11 is 0. The smallest absolute Gasteiger partial charge is 0.339 e. The fourth-order valence-corrected chi connectivity index (χ4v) is 4.06. The number of carbonyl (C=O) groups is 2. The van der Waals surface area contributed by atoms with Gasteiger partial charge in [-0.05, 0) is 67.6 Å². The van der Waals surface area contributed by atoms with Crippen LogP contribution in [0.3, 0.4) is 0 Å². The third kappa shape index (κ3) is 4.38. The number of nitrogens with one attached hydrogen (secondary N) is 1. The van der Waals surface area contributed by atoms with E-state index in [0.29, 0.717) is 33.7 Å². The van der Waals surface area contributed by atoms with Gasteiger partial charge in [0.1, 0.15) is 5.52 Å². The van der Waals surface area contributed by atoms with Crippen molar-refractivity contribution < 1.29 is 18.7 Å². The van der Waals surface area contributed by atoms with Crippen LogP contribution in [0.4, 0.5) is 5.69 Å². The number of para-hydroxylation sites is 2. The maximum atomic E-state index is 13.2. The number of nitrogens with zero attached hydrogens (tertiary/aromatic N) is 1. The van der Waals surface area contributed by atoms with E-state index in [4.69, 9.17) is 9.15 Å². The van der Waals surface area contributed by atoms with Gasteiger partial charge in [0, 0.05) is 16.6 Å². The second kappa shape index (κ2) is 9.06. The number of anilines is 1. The van der Waals surface area contributed by atoms with E-state index in [-0.39, 0.29) is 0 Å². The van der Waals surface area contributed by atoms with E-state index in [1.165, 1.54) is 0 Å². The van der Waals surface area contributed by atoms with E-state index >= 15 is 0 Å². The molecule has 0 fully saturated rings. The fraction of sp³-hybridized carbons (Fsp3) is 0.138. The molecule has 0 aliphatic rings. The lowest BCUT2D eigenvalue weighted by Crippen LogP contribution is -2.30. The molecule has 4 aromatic carbocycles. The number of oxazole rings is 1. The maximum Gasteiger partial charge on any atom is 0.339 e. The Morgan fingerprint density at radius 3 is 2.51 bits per heavy atom. The first-order valence-corrected chi connectivity index (χ1v) is 11.4. The molecule has 1 unspecified atom stereocenters. The minimum absolute atomic E-state index is 0.340. The van der Waals surface area contributed by atoms with Crippen molar-refractivity contribution in [1.82, 2.24) is 4.98 Å². The summed E-state index contributed by atoms with van der Waals surface area (Å²) in [6.07, 6.45) is -0.992. The lowest BCUT2D eigenvalue weighted by atomic mass is 9.99. The van der Waals surface area contributed by atoms with Gasteiger partial charge in [0.15, 0.2) is 11.7 Å². The number of hydrogen-bond acceptors (Lipinski definition) is 5. The number of benzene rings is 4. The van der Waals surface area contributed by atoms with Crippen LogP contribution in [0.25, 0.3) is 33.3 Å². The Kier molecular flexibility index (Phi) is 5.79. The summed E-state index contributed by atoms with van der Waals surface area (Å²) in [5, 5.41) is 4.36. The molecule has 0 aliphatic heterocycles. The van der Waals surface area contributed by atoms with Crippen molar-refractivity contribution in [3.8, 4) is 11.5 Å². The molecule has 5 rings (SSSR count). The van der Waals surface area contributed by atoms with Crippen molar-refractivity contribution in [3.05, 3.63) is 95.6 Å². The summed E-state index contributed by atoms with van der Waals surface area (Å²) in [6, 6.07) is 24.3. The number of amides is 1. The topological polar surface area (TPSA) is 81.4 Å². The van der Waals surface area contributed by atoms with Crippen molar-refractivity contribution in [2.75, 3.05) is 5.32 Å². The number of rotatable bonds is 5. The summed E-state index contributed by atoms with van der Waals surface area (Å²) in [5.74, 6) is -0.577. The summed E-state index contributed by atoms with van der Waals surface area (Å²) in [6.45, 7) is 5.42. The first-order valence-electron chi connectivity index (χ1n) is 11.4. The number of fused-ring (bicyclic) bond motifs is 2. The van der Waals surface area contributed by atoms with E-state index in [0.717, 1.165) is 22.0 Å². The highest BCUT2D eigenvalue weighted by Crippen LogP contribution is 2.33. The summed E-state index contributed by atoms with van der Waals surface area (Å²) in [7, 11) is 0. The third-order valence-corrected chi connectivity index (χ3v) is 5.95. The van der Waals surface area contributed by atoms with Crippen LogP contribution < -0.4 is 5.32 Å². The van der Waals surface area contributed by atoms with Crippen molar-refractivity contribution in [3.63, 3.8) is 0 Å². The second-order valence-corrected chi connectivity index (χ2v) is 8.55. The van der Waals surface area contributed by atoms with Gasteiger partial charge < -0.3 is 14.5 Å². The molecule has 0 bridgehead atoms. The molecule has 6 heteroatoms. The van der Waals surface area contributed by atoms with Gasteiger partial charge in [0.05, 0.1) is 5.56 Å². The molecule has 35 heavy (non-hydrogen) atoms. The average molecular weight is 465 g/mol. The summed E-state index contributed by atoms with van der Waals surface area (Å²) in [4.78, 5) is 30.6. The Bertz CT molecular complexity index is 1550. The molecule has 0 saturated heterocycles. The molecular weight excluding hydrogens is 440 g/mol. The van der Waals surface area contributed by atoms with Crippen LogP contribution in [0.2, 0.25) is 0 Å². The number of hydrogen-bond donors (Lipinski definition) is 1. The van der Waals surface area contributed by atoms with Crippen LogP contribution >= 0.6 is 0 Å².